The van der Waals surface area contributed by atoms with Crippen LogP contribution in [-0.4, -0.2) is 27.8 Å². The van der Waals surface area contributed by atoms with Crippen molar-refractivity contribution in [1.82, 2.24) is 9.78 Å². The molecule has 32 heavy (non-hydrogen) atoms. The molecule has 0 aliphatic rings. The van der Waals surface area contributed by atoms with Crippen LogP contribution >= 0.6 is 23.2 Å². The number of rotatable bonds is 6. The van der Waals surface area contributed by atoms with E-state index in [0.717, 1.165) is 5.56 Å². The molecule has 0 N–H and O–H groups in total. The Morgan fingerprint density at radius 2 is 1.78 bits per heavy atom. The molecule has 0 saturated carbocycles. The number of aromatic nitrogens is 2. The molecule has 3 aromatic carbocycles. The predicted molar refractivity (Wildman–Crippen MR) is 120 cm³/mol. The lowest BCUT2D eigenvalue weighted by atomic mass is 10.2. The van der Waals surface area contributed by atoms with Gasteiger partial charge in [-0.1, -0.05) is 41.4 Å². The second kappa shape index (κ2) is 8.86. The van der Waals surface area contributed by atoms with Gasteiger partial charge in [0.25, 0.3) is 5.69 Å². The lowest BCUT2D eigenvalue weighted by molar-refractivity contribution is -0.384. The Hall–Kier alpha value is -3.62. The van der Waals surface area contributed by atoms with Crippen molar-refractivity contribution in [2.24, 2.45) is 0 Å². The zero-order chi connectivity index (χ0) is 22.8. The molecule has 0 saturated heterocycles. The van der Waals surface area contributed by atoms with E-state index in [1.807, 2.05) is 0 Å². The number of nitrogens with zero attached hydrogens (tertiary/aromatic N) is 3. The van der Waals surface area contributed by atoms with Gasteiger partial charge in [0.05, 0.1) is 45.1 Å². The first kappa shape index (κ1) is 21.6. The molecular weight excluding hydrogens is 457 g/mol. The summed E-state index contributed by atoms with van der Waals surface area (Å²) in [6.45, 7) is 0.297. The number of ether oxygens (including phenoxy) is 2. The fraction of sp³-hybridized carbons (Fsp3) is 0.0909. The summed E-state index contributed by atoms with van der Waals surface area (Å²) in [6.07, 6.45) is 0. The molecule has 1 heterocycles. The van der Waals surface area contributed by atoms with Crippen molar-refractivity contribution in [1.29, 1.82) is 0 Å². The second-order valence-corrected chi connectivity index (χ2v) is 7.57. The van der Waals surface area contributed by atoms with Crippen molar-refractivity contribution in [3.8, 4) is 11.6 Å². The Balaban J connectivity index is 1.72. The van der Waals surface area contributed by atoms with E-state index in [1.165, 1.54) is 19.2 Å². The van der Waals surface area contributed by atoms with Crippen molar-refractivity contribution in [2.45, 2.75) is 6.54 Å². The van der Waals surface area contributed by atoms with Crippen LogP contribution in [0.1, 0.15) is 15.9 Å². The number of halogens is 2. The number of fused-ring (bicyclic) bond motifs is 1. The largest absolute Gasteiger partial charge is 0.497 e. The van der Waals surface area contributed by atoms with Crippen LogP contribution in [-0.2, 0) is 6.54 Å². The summed E-state index contributed by atoms with van der Waals surface area (Å²) in [5.74, 6) is -0.132. The number of nitro benzene ring substituents is 1. The van der Waals surface area contributed by atoms with Gasteiger partial charge in [-0.05, 0) is 35.9 Å². The number of benzene rings is 3. The van der Waals surface area contributed by atoms with Crippen LogP contribution in [0.4, 0.5) is 5.69 Å². The van der Waals surface area contributed by atoms with Gasteiger partial charge in [-0.15, -0.1) is 5.10 Å². The van der Waals surface area contributed by atoms with Crippen LogP contribution in [0.3, 0.4) is 0 Å². The monoisotopic (exact) mass is 471 g/mol. The van der Waals surface area contributed by atoms with E-state index < -0.39 is 10.9 Å². The maximum absolute atomic E-state index is 12.8. The van der Waals surface area contributed by atoms with E-state index in [4.69, 9.17) is 32.7 Å². The summed E-state index contributed by atoms with van der Waals surface area (Å²) in [5.41, 5.74) is 1.49. The van der Waals surface area contributed by atoms with Gasteiger partial charge in [0.15, 0.2) is 0 Å². The predicted octanol–water partition coefficient (Wildman–Crippen LogP) is 5.53. The first-order valence-electron chi connectivity index (χ1n) is 9.31. The molecular formula is C22H15Cl2N3O5. The van der Waals surface area contributed by atoms with Crippen LogP contribution in [0.2, 0.25) is 10.0 Å². The molecule has 1 aromatic heterocycles. The average Bonchev–Trinajstić information content (AvgIpc) is 3.10. The number of methoxy groups -OCH3 is 1. The minimum atomic E-state index is -0.745. The summed E-state index contributed by atoms with van der Waals surface area (Å²) in [5, 5.41) is 16.2. The molecule has 0 aliphatic heterocycles. The normalized spacial score (nSPS) is 10.8. The third-order valence-electron chi connectivity index (χ3n) is 4.76. The van der Waals surface area contributed by atoms with Gasteiger partial charge < -0.3 is 9.47 Å². The molecule has 0 amide bonds. The summed E-state index contributed by atoms with van der Waals surface area (Å²) in [4.78, 5) is 23.2. The lowest BCUT2D eigenvalue weighted by Gasteiger charge is -2.06. The van der Waals surface area contributed by atoms with Crippen molar-refractivity contribution >= 4 is 45.8 Å². The highest BCUT2D eigenvalue weighted by atomic mass is 35.5. The van der Waals surface area contributed by atoms with E-state index in [0.29, 0.717) is 23.2 Å². The van der Waals surface area contributed by atoms with Crippen LogP contribution < -0.4 is 9.47 Å². The molecule has 8 nitrogen and oxygen atoms in total. The molecule has 0 spiro atoms. The number of carbonyl (C=O) groups excluding carboxylic acids is 1. The number of hydrogen-bond donors (Lipinski definition) is 0. The molecule has 0 aliphatic carbocycles. The number of esters is 1. The van der Waals surface area contributed by atoms with Gasteiger partial charge in [0.2, 0.25) is 5.88 Å². The first-order valence-corrected chi connectivity index (χ1v) is 10.1. The van der Waals surface area contributed by atoms with Gasteiger partial charge in [-0.3, -0.25) is 14.8 Å². The maximum Gasteiger partial charge on any atom is 0.347 e. The Morgan fingerprint density at radius 1 is 1.09 bits per heavy atom. The van der Waals surface area contributed by atoms with Crippen LogP contribution in [0.25, 0.3) is 10.9 Å². The highest BCUT2D eigenvalue weighted by molar-refractivity contribution is 6.39. The minimum absolute atomic E-state index is 0.00459. The number of nitro groups is 1. The molecule has 0 fully saturated rings. The number of hydrogen-bond acceptors (Lipinski definition) is 6. The molecule has 162 valence electrons. The highest BCUT2D eigenvalue weighted by Gasteiger charge is 2.21. The molecule has 0 bridgehead atoms. The van der Waals surface area contributed by atoms with E-state index >= 15 is 0 Å². The van der Waals surface area contributed by atoms with E-state index in [1.54, 1.807) is 53.2 Å². The summed E-state index contributed by atoms with van der Waals surface area (Å²) < 4.78 is 12.5. The number of carbonyl (C=O) groups is 1. The fourth-order valence-corrected chi connectivity index (χ4v) is 3.73. The summed E-state index contributed by atoms with van der Waals surface area (Å²) in [7, 11) is 1.53. The second-order valence-electron chi connectivity index (χ2n) is 6.76. The average molecular weight is 472 g/mol. The lowest BCUT2D eigenvalue weighted by Crippen LogP contribution is -2.11. The summed E-state index contributed by atoms with van der Waals surface area (Å²) >= 11 is 12.3. The van der Waals surface area contributed by atoms with Gasteiger partial charge >= 0.3 is 5.97 Å². The van der Waals surface area contributed by atoms with Gasteiger partial charge in [-0.2, -0.15) is 0 Å². The van der Waals surface area contributed by atoms with Crippen molar-refractivity contribution in [2.75, 3.05) is 7.11 Å². The van der Waals surface area contributed by atoms with Crippen molar-refractivity contribution in [3.63, 3.8) is 0 Å². The quantitative estimate of drug-likeness (QED) is 0.208. The zero-order valence-electron chi connectivity index (χ0n) is 16.6. The molecule has 0 radical (unpaired) electrons. The Kier molecular flexibility index (Phi) is 5.98. The van der Waals surface area contributed by atoms with E-state index in [9.17, 15) is 14.9 Å². The van der Waals surface area contributed by atoms with Crippen LogP contribution in [0.5, 0.6) is 11.6 Å². The SMILES string of the molecule is COc1ccc2c(c1)c(OC(=O)c1c(Cl)cccc1Cl)nn2Cc1ccc([N+](=O)[O-])cc1. The zero-order valence-corrected chi connectivity index (χ0v) is 18.1. The van der Waals surface area contributed by atoms with Crippen LogP contribution in [0.15, 0.2) is 60.7 Å². The maximum atomic E-state index is 12.8. The fourth-order valence-electron chi connectivity index (χ4n) is 3.18. The Morgan fingerprint density at radius 3 is 2.41 bits per heavy atom. The van der Waals surface area contributed by atoms with Gasteiger partial charge in [-0.25, -0.2) is 4.79 Å². The van der Waals surface area contributed by atoms with Crippen molar-refractivity contribution in [3.05, 3.63) is 92.0 Å². The third-order valence-corrected chi connectivity index (χ3v) is 5.39. The molecule has 0 atom stereocenters. The van der Waals surface area contributed by atoms with Crippen molar-refractivity contribution < 1.29 is 19.2 Å². The Bertz CT molecular complexity index is 1320. The molecule has 4 aromatic rings. The van der Waals surface area contributed by atoms with Gasteiger partial charge in [0, 0.05) is 12.1 Å². The molecule has 10 heteroatoms. The third kappa shape index (κ3) is 4.23. The van der Waals surface area contributed by atoms with E-state index in [2.05, 4.69) is 5.10 Å². The van der Waals surface area contributed by atoms with Crippen LogP contribution in [0, 0.1) is 10.1 Å². The van der Waals surface area contributed by atoms with Gasteiger partial charge in [0.1, 0.15) is 5.75 Å². The number of non-ortho nitro benzene ring substituents is 1. The Labute approximate surface area is 192 Å². The van der Waals surface area contributed by atoms with E-state index in [-0.39, 0.29) is 27.2 Å². The highest BCUT2D eigenvalue weighted by Crippen LogP contribution is 2.32. The smallest absolute Gasteiger partial charge is 0.347 e. The topological polar surface area (TPSA) is 96.5 Å². The first-order chi connectivity index (χ1) is 15.4. The molecule has 4 rings (SSSR count). The minimum Gasteiger partial charge on any atom is -0.497 e. The standard InChI is InChI=1S/C22H15Cl2N3O5/c1-31-15-9-10-19-16(11-15)21(32-22(28)20-17(23)3-2-4-18(20)24)25-26(19)12-13-5-7-14(8-6-13)27(29)30/h2-11H,12H2,1H3. The summed E-state index contributed by atoms with van der Waals surface area (Å²) in [6, 6.07) is 16.1. The molecule has 0 unspecified atom stereocenters.